The maximum absolute atomic E-state index is 13.5. The van der Waals surface area contributed by atoms with Crippen molar-refractivity contribution in [2.45, 2.75) is 70.7 Å². The molecule has 1 saturated carbocycles. The largest absolute Gasteiger partial charge is 0.476 e. The summed E-state index contributed by atoms with van der Waals surface area (Å²) in [6.45, 7) is 11.6. The molecule has 1 aromatic carbocycles. The van der Waals surface area contributed by atoms with Gasteiger partial charge in [0.05, 0.1) is 17.1 Å². The van der Waals surface area contributed by atoms with Gasteiger partial charge in [0.15, 0.2) is 5.82 Å². The second-order valence-corrected chi connectivity index (χ2v) is 13.7. The number of amides is 1. The molecule has 10 heteroatoms. The lowest BCUT2D eigenvalue weighted by Gasteiger charge is -2.37. The topological polar surface area (TPSA) is 106 Å². The van der Waals surface area contributed by atoms with Crippen molar-refractivity contribution in [3.05, 3.63) is 59.8 Å². The number of rotatable bonds is 8. The molecule has 0 unspecified atom stereocenters. The Morgan fingerprint density at radius 3 is 2.51 bits per heavy atom. The van der Waals surface area contributed by atoms with E-state index in [1.54, 1.807) is 54.2 Å². The van der Waals surface area contributed by atoms with Gasteiger partial charge in [-0.1, -0.05) is 38.5 Å². The number of aromatic nitrogens is 3. The molecular weight excluding hydrogens is 514 g/mol. The molecule has 0 spiro atoms. The van der Waals surface area contributed by atoms with Crippen LogP contribution in [0.15, 0.2) is 53.6 Å². The first-order chi connectivity index (χ1) is 18.4. The summed E-state index contributed by atoms with van der Waals surface area (Å²) in [5.41, 5.74) is 0.690. The molecule has 3 aromatic rings. The first kappa shape index (κ1) is 27.2. The Balaban J connectivity index is 1.47. The van der Waals surface area contributed by atoms with Gasteiger partial charge >= 0.3 is 0 Å². The molecule has 1 N–H and O–H groups in total. The van der Waals surface area contributed by atoms with Crippen molar-refractivity contribution in [1.29, 1.82) is 0 Å². The van der Waals surface area contributed by atoms with Gasteiger partial charge in [-0.25, -0.2) is 22.8 Å². The van der Waals surface area contributed by atoms with Crippen LogP contribution in [-0.4, -0.2) is 47.8 Å². The summed E-state index contributed by atoms with van der Waals surface area (Å²) in [6, 6.07) is 11.7. The van der Waals surface area contributed by atoms with Gasteiger partial charge in [-0.3, -0.25) is 4.79 Å². The van der Waals surface area contributed by atoms with Gasteiger partial charge in [0.25, 0.3) is 15.9 Å². The number of anilines is 1. The van der Waals surface area contributed by atoms with Crippen LogP contribution in [0.2, 0.25) is 0 Å². The number of hydrogen-bond donors (Lipinski definition) is 1. The van der Waals surface area contributed by atoms with Crippen LogP contribution < -0.4 is 14.4 Å². The van der Waals surface area contributed by atoms with Crippen LogP contribution in [0, 0.1) is 18.3 Å². The third-order valence-corrected chi connectivity index (χ3v) is 9.46. The molecule has 2 aliphatic rings. The first-order valence-corrected chi connectivity index (χ1v) is 15.0. The van der Waals surface area contributed by atoms with E-state index >= 15 is 0 Å². The predicted molar refractivity (Wildman–Crippen MR) is 150 cm³/mol. The monoisotopic (exact) mass is 551 g/mol. The van der Waals surface area contributed by atoms with E-state index < -0.39 is 15.9 Å². The van der Waals surface area contributed by atoms with E-state index in [4.69, 9.17) is 9.72 Å². The number of hydrogen-bond acceptors (Lipinski definition) is 7. The Kier molecular flexibility index (Phi) is 6.95. The zero-order chi connectivity index (χ0) is 28.0. The van der Waals surface area contributed by atoms with E-state index in [1.165, 1.54) is 12.5 Å². The molecule has 1 atom stereocenters. The highest BCUT2D eigenvalue weighted by Crippen LogP contribution is 2.40. The minimum Gasteiger partial charge on any atom is -0.476 e. The number of sulfonamides is 1. The summed E-state index contributed by atoms with van der Waals surface area (Å²) < 4.78 is 36.1. The third kappa shape index (κ3) is 5.52. The molecule has 0 radical (unpaired) electrons. The number of benzene rings is 1. The van der Waals surface area contributed by atoms with Crippen LogP contribution in [0.4, 0.5) is 5.82 Å². The maximum Gasteiger partial charge on any atom is 0.268 e. The number of pyridine rings is 1. The van der Waals surface area contributed by atoms with Gasteiger partial charge in [0, 0.05) is 29.8 Å². The molecule has 208 valence electrons. The highest BCUT2D eigenvalue weighted by atomic mass is 32.2. The van der Waals surface area contributed by atoms with Crippen molar-refractivity contribution in [1.82, 2.24) is 19.5 Å². The zero-order valence-corrected chi connectivity index (χ0v) is 24.1. The minimum absolute atomic E-state index is 0.0689. The van der Waals surface area contributed by atoms with E-state index in [0.717, 1.165) is 19.3 Å². The highest BCUT2D eigenvalue weighted by molar-refractivity contribution is 7.90. The fourth-order valence-electron chi connectivity index (χ4n) is 5.68. The van der Waals surface area contributed by atoms with Crippen molar-refractivity contribution in [2.75, 3.05) is 18.1 Å². The van der Waals surface area contributed by atoms with Crippen molar-refractivity contribution in [2.24, 2.45) is 11.3 Å². The molecule has 2 fully saturated rings. The molecular formula is C29H37N5O4S. The first-order valence-electron chi connectivity index (χ1n) is 13.5. The van der Waals surface area contributed by atoms with Crippen molar-refractivity contribution >= 4 is 21.7 Å². The van der Waals surface area contributed by atoms with Gasteiger partial charge in [-0.15, -0.1) is 5.10 Å². The third-order valence-electron chi connectivity index (χ3n) is 7.97. The van der Waals surface area contributed by atoms with E-state index in [9.17, 15) is 13.2 Å². The van der Waals surface area contributed by atoms with E-state index in [1.807, 2.05) is 0 Å². The molecule has 1 aliphatic carbocycles. The average Bonchev–Trinajstić information content (AvgIpc) is 3.44. The maximum atomic E-state index is 13.5. The summed E-state index contributed by atoms with van der Waals surface area (Å²) in [6.07, 6.45) is 6.25. The average molecular weight is 552 g/mol. The molecule has 0 bridgehead atoms. The molecule has 1 amide bonds. The van der Waals surface area contributed by atoms with Crippen LogP contribution in [0.25, 0.3) is 5.82 Å². The number of carbonyl (C=O) groups is 1. The fourth-order valence-corrected chi connectivity index (χ4v) is 6.90. The van der Waals surface area contributed by atoms with Crippen LogP contribution in [0.3, 0.4) is 0 Å². The Labute approximate surface area is 230 Å². The number of aryl methyl sites for hydroxylation is 1. The molecule has 3 heterocycles. The standard InChI is InChI=1S/C29H37N5O4S/c1-20-17-28(3,4)33(18-20)26-22(27(35)32-39(36,37)23-10-7-6-9-21(23)2)11-12-24(30-26)34-16-13-25(31-34)38-19-29(5)14-8-15-29/h6-7,9-13,16,20H,8,14-15,17-19H2,1-5H3,(H,32,35)/t20-/m0/s1. The second-order valence-electron chi connectivity index (χ2n) is 12.0. The molecule has 1 aliphatic heterocycles. The normalized spacial score (nSPS) is 19.9. The van der Waals surface area contributed by atoms with Gasteiger partial charge in [0.1, 0.15) is 5.82 Å². The van der Waals surface area contributed by atoms with Gasteiger partial charge in [-0.2, -0.15) is 0 Å². The number of nitrogens with one attached hydrogen (secondary N) is 1. The Bertz CT molecular complexity index is 1490. The zero-order valence-electron chi connectivity index (χ0n) is 23.3. The SMILES string of the molecule is Cc1ccccc1S(=O)(=O)NC(=O)c1ccc(-n2ccc(OCC3(C)CCC3)n2)nc1N1C[C@@H](C)CC1(C)C. The van der Waals surface area contributed by atoms with Gasteiger partial charge < -0.3 is 9.64 Å². The van der Waals surface area contributed by atoms with Crippen molar-refractivity contribution < 1.29 is 17.9 Å². The second kappa shape index (κ2) is 9.97. The summed E-state index contributed by atoms with van der Waals surface area (Å²) in [4.78, 5) is 20.5. The summed E-state index contributed by atoms with van der Waals surface area (Å²) in [5, 5.41) is 4.56. The van der Waals surface area contributed by atoms with E-state index in [2.05, 4.69) is 42.4 Å². The van der Waals surface area contributed by atoms with Crippen LogP contribution >= 0.6 is 0 Å². The van der Waals surface area contributed by atoms with Gasteiger partial charge in [0.2, 0.25) is 5.88 Å². The fraction of sp³-hybridized carbons (Fsp3) is 0.483. The Hall–Kier alpha value is -3.40. The Morgan fingerprint density at radius 2 is 1.87 bits per heavy atom. The molecule has 1 saturated heterocycles. The summed E-state index contributed by atoms with van der Waals surface area (Å²) in [7, 11) is -4.07. The van der Waals surface area contributed by atoms with E-state index in [-0.39, 0.29) is 21.4 Å². The lowest BCUT2D eigenvalue weighted by Crippen LogP contribution is -2.41. The molecule has 2 aromatic heterocycles. The molecule has 5 rings (SSSR count). The lowest BCUT2D eigenvalue weighted by molar-refractivity contribution is 0.0747. The molecule has 39 heavy (non-hydrogen) atoms. The smallest absolute Gasteiger partial charge is 0.268 e. The van der Waals surface area contributed by atoms with Crippen LogP contribution in [0.1, 0.15) is 69.3 Å². The van der Waals surface area contributed by atoms with Gasteiger partial charge in [-0.05, 0) is 69.7 Å². The van der Waals surface area contributed by atoms with Crippen LogP contribution in [-0.2, 0) is 10.0 Å². The molecule has 9 nitrogen and oxygen atoms in total. The minimum atomic E-state index is -4.07. The summed E-state index contributed by atoms with van der Waals surface area (Å²) >= 11 is 0. The quantitative estimate of drug-likeness (QED) is 0.425. The lowest BCUT2D eigenvalue weighted by atomic mass is 9.71. The summed E-state index contributed by atoms with van der Waals surface area (Å²) in [5.74, 6) is 1.13. The number of nitrogens with zero attached hydrogens (tertiary/aromatic N) is 4. The highest BCUT2D eigenvalue weighted by Gasteiger charge is 2.39. The number of ether oxygens (including phenoxy) is 1. The van der Waals surface area contributed by atoms with Crippen LogP contribution in [0.5, 0.6) is 5.88 Å². The van der Waals surface area contributed by atoms with Crippen molar-refractivity contribution in [3.8, 4) is 11.7 Å². The van der Waals surface area contributed by atoms with E-state index in [0.29, 0.717) is 42.1 Å². The predicted octanol–water partition coefficient (Wildman–Crippen LogP) is 4.89. The van der Waals surface area contributed by atoms with Crippen molar-refractivity contribution in [3.63, 3.8) is 0 Å². The Morgan fingerprint density at radius 1 is 1.13 bits per heavy atom. The number of carbonyl (C=O) groups excluding carboxylic acids is 1.